The van der Waals surface area contributed by atoms with Crippen LogP contribution >= 0.6 is 0 Å². The predicted octanol–water partition coefficient (Wildman–Crippen LogP) is 4.67. The van der Waals surface area contributed by atoms with Crippen molar-refractivity contribution in [2.45, 2.75) is 45.4 Å². The first-order valence-corrected chi connectivity index (χ1v) is 9.26. The summed E-state index contributed by atoms with van der Waals surface area (Å²) in [4.78, 5) is 24.0. The molecule has 0 atom stereocenters. The molecular formula is C22H24O4. The van der Waals surface area contributed by atoms with Crippen LogP contribution in [-0.4, -0.2) is 23.5 Å². The summed E-state index contributed by atoms with van der Waals surface area (Å²) in [5.74, 6) is -0.218. The van der Waals surface area contributed by atoms with Crippen LogP contribution in [0.15, 0.2) is 36.4 Å². The molecule has 0 saturated heterocycles. The lowest BCUT2D eigenvalue weighted by Crippen LogP contribution is -2.06. The van der Waals surface area contributed by atoms with E-state index in [0.717, 1.165) is 23.3 Å². The Bertz CT molecular complexity index is 823. The van der Waals surface area contributed by atoms with Crippen molar-refractivity contribution in [2.75, 3.05) is 6.61 Å². The van der Waals surface area contributed by atoms with Gasteiger partial charge in [-0.25, -0.2) is 4.79 Å². The van der Waals surface area contributed by atoms with Crippen molar-refractivity contribution in [1.82, 2.24) is 0 Å². The maximum atomic E-state index is 12.9. The second-order valence-corrected chi connectivity index (χ2v) is 6.73. The summed E-state index contributed by atoms with van der Waals surface area (Å²) in [6.07, 6.45) is 5.97. The number of carboxylic acid groups (broad SMARTS) is 1. The molecule has 0 radical (unpaired) electrons. The normalized spacial score (nSPS) is 12.9. The van der Waals surface area contributed by atoms with Gasteiger partial charge >= 0.3 is 5.97 Å². The van der Waals surface area contributed by atoms with Gasteiger partial charge in [0, 0.05) is 11.1 Å². The van der Waals surface area contributed by atoms with Crippen LogP contribution in [0.2, 0.25) is 0 Å². The summed E-state index contributed by atoms with van der Waals surface area (Å²) in [6, 6.07) is 10.4. The fraction of sp³-hybridized carbons (Fsp3) is 0.364. The van der Waals surface area contributed by atoms with Gasteiger partial charge in [-0.1, -0.05) is 26.2 Å². The number of carboxylic acids is 1. The largest absolute Gasteiger partial charge is 0.494 e. The van der Waals surface area contributed by atoms with Crippen molar-refractivity contribution >= 4 is 11.8 Å². The van der Waals surface area contributed by atoms with E-state index in [0.29, 0.717) is 30.6 Å². The average molecular weight is 352 g/mol. The number of carbonyl (C=O) groups excluding carboxylic acids is 1. The minimum Gasteiger partial charge on any atom is -0.494 e. The Hall–Kier alpha value is -2.62. The number of carbonyl (C=O) groups is 2. The number of rotatable bonds is 7. The van der Waals surface area contributed by atoms with Crippen LogP contribution in [0.1, 0.15) is 70.0 Å². The second kappa shape index (κ2) is 8.17. The molecule has 2 aromatic carbocycles. The van der Waals surface area contributed by atoms with E-state index >= 15 is 0 Å². The molecule has 4 heteroatoms. The number of benzene rings is 2. The zero-order valence-electron chi connectivity index (χ0n) is 15.1. The van der Waals surface area contributed by atoms with Crippen LogP contribution in [0.25, 0.3) is 0 Å². The number of unbranched alkanes of at least 4 members (excludes halogenated alkanes) is 3. The molecule has 2 aromatic rings. The highest BCUT2D eigenvalue weighted by Crippen LogP contribution is 2.28. The van der Waals surface area contributed by atoms with Gasteiger partial charge in [-0.3, -0.25) is 4.79 Å². The molecule has 0 heterocycles. The minimum absolute atomic E-state index is 0.0427. The number of fused-ring (bicyclic) bond motifs is 2. The fourth-order valence-electron chi connectivity index (χ4n) is 3.38. The Morgan fingerprint density at radius 1 is 1.00 bits per heavy atom. The first-order valence-electron chi connectivity index (χ1n) is 9.26. The smallest absolute Gasteiger partial charge is 0.335 e. The molecule has 0 aromatic heterocycles. The van der Waals surface area contributed by atoms with E-state index in [4.69, 9.17) is 9.84 Å². The molecule has 0 aliphatic heterocycles. The Morgan fingerprint density at radius 3 is 2.38 bits per heavy atom. The van der Waals surface area contributed by atoms with E-state index in [1.165, 1.54) is 25.3 Å². The summed E-state index contributed by atoms with van der Waals surface area (Å²) in [7, 11) is 0. The van der Waals surface area contributed by atoms with Crippen LogP contribution < -0.4 is 4.74 Å². The van der Waals surface area contributed by atoms with Crippen LogP contribution in [-0.2, 0) is 12.8 Å². The van der Waals surface area contributed by atoms with Crippen LogP contribution in [0, 0.1) is 0 Å². The van der Waals surface area contributed by atoms with E-state index in [1.54, 1.807) is 12.1 Å². The highest BCUT2D eigenvalue weighted by atomic mass is 16.5. The monoisotopic (exact) mass is 352 g/mol. The molecule has 1 aliphatic rings. The molecule has 0 unspecified atom stereocenters. The molecule has 0 spiro atoms. The molecule has 26 heavy (non-hydrogen) atoms. The van der Waals surface area contributed by atoms with Gasteiger partial charge in [-0.15, -0.1) is 0 Å². The van der Waals surface area contributed by atoms with E-state index in [9.17, 15) is 9.59 Å². The van der Waals surface area contributed by atoms with E-state index in [2.05, 4.69) is 6.92 Å². The predicted molar refractivity (Wildman–Crippen MR) is 100 cm³/mol. The Labute approximate surface area is 153 Å². The lowest BCUT2D eigenvalue weighted by molar-refractivity contribution is 0.0696. The molecule has 1 N–H and O–H groups in total. The molecule has 1 aliphatic carbocycles. The lowest BCUT2D eigenvalue weighted by atomic mass is 9.97. The summed E-state index contributed by atoms with van der Waals surface area (Å²) >= 11 is 0. The topological polar surface area (TPSA) is 63.6 Å². The van der Waals surface area contributed by atoms with E-state index < -0.39 is 5.97 Å². The second-order valence-electron chi connectivity index (χ2n) is 6.73. The highest BCUT2D eigenvalue weighted by molar-refractivity contribution is 6.11. The molecule has 136 valence electrons. The van der Waals surface area contributed by atoms with Gasteiger partial charge in [-0.2, -0.15) is 0 Å². The maximum Gasteiger partial charge on any atom is 0.335 e. The van der Waals surface area contributed by atoms with Crippen LogP contribution in [0.3, 0.4) is 0 Å². The number of hydrogen-bond donors (Lipinski definition) is 1. The zero-order chi connectivity index (χ0) is 18.5. The average Bonchev–Trinajstić information content (AvgIpc) is 2.78. The number of aryl methyl sites for hydroxylation is 2. The van der Waals surface area contributed by atoms with Gasteiger partial charge in [0.2, 0.25) is 0 Å². The SMILES string of the molecule is CCCCCCOc1ccc2c(c1)CCc1cc(C(=O)O)ccc1C2=O. The minimum atomic E-state index is -0.972. The van der Waals surface area contributed by atoms with Crippen molar-refractivity contribution in [3.05, 3.63) is 64.2 Å². The Kier molecular flexibility index (Phi) is 5.71. The molecule has 3 rings (SSSR count). The van der Waals surface area contributed by atoms with Crippen molar-refractivity contribution in [3.63, 3.8) is 0 Å². The fourth-order valence-corrected chi connectivity index (χ4v) is 3.38. The first-order chi connectivity index (χ1) is 12.6. The van der Waals surface area contributed by atoms with Crippen molar-refractivity contribution in [3.8, 4) is 5.75 Å². The summed E-state index contributed by atoms with van der Waals surface area (Å²) in [5.41, 5.74) is 3.27. The standard InChI is InChI=1S/C22H24O4/c1-2-3-4-5-12-26-18-9-11-20-16(14-18)7-6-15-13-17(22(24)25)8-10-19(15)21(20)23/h8-11,13-14H,2-7,12H2,1H3,(H,24,25). The summed E-state index contributed by atoms with van der Waals surface area (Å²) in [5, 5.41) is 9.17. The molecule has 0 bridgehead atoms. The quantitative estimate of drug-likeness (QED) is 0.735. The van der Waals surface area contributed by atoms with Crippen LogP contribution in [0.5, 0.6) is 5.75 Å². The lowest BCUT2D eigenvalue weighted by Gasteiger charge is -2.10. The number of aromatic carboxylic acids is 1. The van der Waals surface area contributed by atoms with Gasteiger partial charge in [0.05, 0.1) is 12.2 Å². The molecule has 0 amide bonds. The number of ketones is 1. The molecule has 0 saturated carbocycles. The van der Waals surface area contributed by atoms with E-state index in [1.807, 2.05) is 18.2 Å². The molecule has 0 fully saturated rings. The summed E-state index contributed by atoms with van der Waals surface area (Å²) < 4.78 is 5.83. The number of ether oxygens (including phenoxy) is 1. The highest BCUT2D eigenvalue weighted by Gasteiger charge is 2.22. The third kappa shape index (κ3) is 3.96. The Morgan fingerprint density at radius 2 is 1.69 bits per heavy atom. The Balaban J connectivity index is 1.77. The van der Waals surface area contributed by atoms with Crippen molar-refractivity contribution in [2.24, 2.45) is 0 Å². The van der Waals surface area contributed by atoms with Crippen molar-refractivity contribution in [1.29, 1.82) is 0 Å². The molecule has 4 nitrogen and oxygen atoms in total. The molecular weight excluding hydrogens is 328 g/mol. The van der Waals surface area contributed by atoms with Crippen LogP contribution in [0.4, 0.5) is 0 Å². The van der Waals surface area contributed by atoms with Gasteiger partial charge in [0.15, 0.2) is 5.78 Å². The van der Waals surface area contributed by atoms with Gasteiger partial charge in [0.25, 0.3) is 0 Å². The third-order valence-corrected chi connectivity index (χ3v) is 4.85. The third-order valence-electron chi connectivity index (χ3n) is 4.85. The van der Waals surface area contributed by atoms with Gasteiger partial charge in [-0.05, 0) is 66.8 Å². The van der Waals surface area contributed by atoms with Gasteiger partial charge < -0.3 is 9.84 Å². The number of hydrogen-bond acceptors (Lipinski definition) is 3. The zero-order valence-corrected chi connectivity index (χ0v) is 15.1. The first kappa shape index (κ1) is 18.2. The van der Waals surface area contributed by atoms with Gasteiger partial charge in [0.1, 0.15) is 5.75 Å². The van der Waals surface area contributed by atoms with E-state index in [-0.39, 0.29) is 11.3 Å². The summed E-state index contributed by atoms with van der Waals surface area (Å²) in [6.45, 7) is 2.87. The van der Waals surface area contributed by atoms with Crippen molar-refractivity contribution < 1.29 is 19.4 Å². The maximum absolute atomic E-state index is 12.9.